The maximum absolute atomic E-state index is 5.59. The first kappa shape index (κ1) is 14.6. The predicted octanol–water partition coefficient (Wildman–Crippen LogP) is 2.03. The van der Waals surface area contributed by atoms with E-state index >= 15 is 0 Å². The fraction of sp³-hybridized carbons (Fsp3) is 0.583. The van der Waals surface area contributed by atoms with Crippen molar-refractivity contribution in [2.75, 3.05) is 7.11 Å². The van der Waals surface area contributed by atoms with Crippen LogP contribution in [0.4, 0.5) is 0 Å². The van der Waals surface area contributed by atoms with Crippen LogP contribution >= 0.6 is 15.9 Å². The smallest absolute Gasteiger partial charge is 0.0741 e. The topological polar surface area (TPSA) is 60.2 Å². The van der Waals surface area contributed by atoms with E-state index in [0.29, 0.717) is 0 Å². The monoisotopic (exact) mass is 301 g/mol. The molecule has 2 atom stereocenters. The van der Waals surface area contributed by atoms with Crippen LogP contribution in [0.5, 0.6) is 0 Å². The molecule has 3 N–H and O–H groups in total. The van der Waals surface area contributed by atoms with Crippen LogP contribution in [0.1, 0.15) is 25.5 Å². The Morgan fingerprint density at radius 1 is 1.53 bits per heavy atom. The largest absolute Gasteiger partial charge is 0.380 e. The number of methoxy groups -OCH3 is 1. The third-order valence-electron chi connectivity index (χ3n) is 2.76. The minimum atomic E-state index is 0.0913. The van der Waals surface area contributed by atoms with Gasteiger partial charge in [-0.1, -0.05) is 13.3 Å². The van der Waals surface area contributed by atoms with E-state index in [-0.39, 0.29) is 12.1 Å². The third-order valence-corrected chi connectivity index (χ3v) is 3.23. The van der Waals surface area contributed by atoms with E-state index in [1.54, 1.807) is 13.3 Å². The zero-order chi connectivity index (χ0) is 12.7. The average molecular weight is 302 g/mol. The fourth-order valence-corrected chi connectivity index (χ4v) is 2.05. The van der Waals surface area contributed by atoms with Crippen molar-refractivity contribution < 1.29 is 4.74 Å². The van der Waals surface area contributed by atoms with E-state index in [1.165, 1.54) is 0 Å². The Kier molecular flexibility index (Phi) is 6.65. The molecule has 0 radical (unpaired) electrons. The molecular weight excluding hydrogens is 282 g/mol. The molecule has 0 aliphatic heterocycles. The van der Waals surface area contributed by atoms with Gasteiger partial charge in [0, 0.05) is 29.9 Å². The van der Waals surface area contributed by atoms with Gasteiger partial charge in [-0.25, -0.2) is 0 Å². The maximum atomic E-state index is 5.59. The molecule has 1 rings (SSSR count). The molecule has 0 saturated heterocycles. The molecule has 1 aromatic rings. The van der Waals surface area contributed by atoms with E-state index in [0.717, 1.165) is 29.4 Å². The van der Waals surface area contributed by atoms with Crippen LogP contribution in [0.3, 0.4) is 0 Å². The Morgan fingerprint density at radius 2 is 2.29 bits per heavy atom. The van der Waals surface area contributed by atoms with Gasteiger partial charge in [0.1, 0.15) is 0 Å². The molecule has 5 heteroatoms. The van der Waals surface area contributed by atoms with Crippen molar-refractivity contribution in [3.63, 3.8) is 0 Å². The molecule has 0 amide bonds. The minimum Gasteiger partial charge on any atom is -0.380 e. The van der Waals surface area contributed by atoms with E-state index in [2.05, 4.69) is 33.3 Å². The summed E-state index contributed by atoms with van der Waals surface area (Å²) in [4.78, 5) is 4.34. The number of rotatable bonds is 7. The number of nitrogens with zero attached hydrogens (tertiary/aromatic N) is 1. The quantitative estimate of drug-likeness (QED) is 0.598. The van der Waals surface area contributed by atoms with Gasteiger partial charge in [-0.3, -0.25) is 16.3 Å². The van der Waals surface area contributed by atoms with Crippen LogP contribution in [-0.2, 0) is 11.2 Å². The van der Waals surface area contributed by atoms with Crippen LogP contribution in [-0.4, -0.2) is 24.2 Å². The number of pyridine rings is 1. The highest BCUT2D eigenvalue weighted by atomic mass is 79.9. The van der Waals surface area contributed by atoms with Gasteiger partial charge in [0.15, 0.2) is 0 Å². The number of hydrazine groups is 1. The van der Waals surface area contributed by atoms with Crippen LogP contribution in [0.2, 0.25) is 0 Å². The summed E-state index contributed by atoms with van der Waals surface area (Å²) in [7, 11) is 1.72. The van der Waals surface area contributed by atoms with E-state index in [9.17, 15) is 0 Å². The molecule has 1 aromatic heterocycles. The lowest BCUT2D eigenvalue weighted by atomic mass is 10.0. The highest BCUT2D eigenvalue weighted by Crippen LogP contribution is 2.13. The number of ether oxygens (including phenoxy) is 1. The molecule has 0 saturated carbocycles. The second-order valence-electron chi connectivity index (χ2n) is 4.01. The number of nitrogens with one attached hydrogen (secondary N) is 1. The van der Waals surface area contributed by atoms with Gasteiger partial charge in [0.2, 0.25) is 0 Å². The molecule has 0 spiro atoms. The lowest BCUT2D eigenvalue weighted by molar-refractivity contribution is 0.0606. The predicted molar refractivity (Wildman–Crippen MR) is 72.5 cm³/mol. The molecular formula is C12H20BrN3O. The molecule has 0 aromatic carbocycles. The summed E-state index contributed by atoms with van der Waals surface area (Å²) < 4.78 is 6.44. The van der Waals surface area contributed by atoms with Crippen molar-refractivity contribution in [1.82, 2.24) is 10.4 Å². The van der Waals surface area contributed by atoms with Crippen LogP contribution in [0, 0.1) is 0 Å². The maximum Gasteiger partial charge on any atom is 0.0741 e. The summed E-state index contributed by atoms with van der Waals surface area (Å²) in [5, 5.41) is 0. The van der Waals surface area contributed by atoms with Crippen LogP contribution in [0.15, 0.2) is 22.8 Å². The van der Waals surface area contributed by atoms with Gasteiger partial charge in [-0.15, -0.1) is 0 Å². The summed E-state index contributed by atoms with van der Waals surface area (Å²) in [6.07, 6.45) is 4.74. The standard InChI is InChI=1S/C12H20BrN3O/c1-3-4-12(17-2)11(16-14)7-10-6-5-9(13)8-15-10/h5-6,8,11-12,16H,3-4,7,14H2,1-2H3. The third kappa shape index (κ3) is 4.71. The molecule has 0 aliphatic rings. The van der Waals surface area contributed by atoms with Gasteiger partial charge in [-0.2, -0.15) is 0 Å². The molecule has 2 unspecified atom stereocenters. The number of nitrogens with two attached hydrogens (primary N) is 1. The van der Waals surface area contributed by atoms with Crippen molar-refractivity contribution in [2.24, 2.45) is 5.84 Å². The minimum absolute atomic E-state index is 0.0913. The highest BCUT2D eigenvalue weighted by Gasteiger charge is 2.20. The lowest BCUT2D eigenvalue weighted by Crippen LogP contribution is -2.46. The summed E-state index contributed by atoms with van der Waals surface area (Å²) in [5.74, 6) is 5.59. The highest BCUT2D eigenvalue weighted by molar-refractivity contribution is 9.10. The van der Waals surface area contributed by atoms with Gasteiger partial charge in [0.25, 0.3) is 0 Å². The van der Waals surface area contributed by atoms with Gasteiger partial charge >= 0.3 is 0 Å². The van der Waals surface area contributed by atoms with Gasteiger partial charge in [-0.05, 0) is 34.5 Å². The number of aromatic nitrogens is 1. The number of hydrogen-bond acceptors (Lipinski definition) is 4. The first-order chi connectivity index (χ1) is 8.21. The van der Waals surface area contributed by atoms with E-state index < -0.39 is 0 Å². The Bertz CT molecular complexity index is 318. The van der Waals surface area contributed by atoms with Crippen molar-refractivity contribution in [2.45, 2.75) is 38.3 Å². The molecule has 0 bridgehead atoms. The molecule has 0 fully saturated rings. The second-order valence-corrected chi connectivity index (χ2v) is 4.92. The first-order valence-electron chi connectivity index (χ1n) is 5.80. The first-order valence-corrected chi connectivity index (χ1v) is 6.59. The molecule has 96 valence electrons. The van der Waals surface area contributed by atoms with Gasteiger partial charge in [0.05, 0.1) is 12.1 Å². The Balaban J connectivity index is 2.64. The van der Waals surface area contributed by atoms with Crippen molar-refractivity contribution in [3.05, 3.63) is 28.5 Å². The van der Waals surface area contributed by atoms with Crippen LogP contribution < -0.4 is 11.3 Å². The number of hydrogen-bond donors (Lipinski definition) is 2. The van der Waals surface area contributed by atoms with Crippen molar-refractivity contribution >= 4 is 15.9 Å². The summed E-state index contributed by atoms with van der Waals surface area (Å²) in [6, 6.07) is 4.07. The summed E-state index contributed by atoms with van der Waals surface area (Å²) >= 11 is 3.37. The summed E-state index contributed by atoms with van der Waals surface area (Å²) in [6.45, 7) is 2.14. The second kappa shape index (κ2) is 7.76. The van der Waals surface area contributed by atoms with Crippen molar-refractivity contribution in [1.29, 1.82) is 0 Å². The average Bonchev–Trinajstić information content (AvgIpc) is 2.36. The Hall–Kier alpha value is -0.490. The zero-order valence-electron chi connectivity index (χ0n) is 10.3. The zero-order valence-corrected chi connectivity index (χ0v) is 11.9. The SMILES string of the molecule is CCCC(OC)C(Cc1ccc(Br)cn1)NN. The van der Waals surface area contributed by atoms with Gasteiger partial charge < -0.3 is 4.74 Å². The van der Waals surface area contributed by atoms with E-state index in [1.807, 2.05) is 12.1 Å². The molecule has 17 heavy (non-hydrogen) atoms. The Morgan fingerprint density at radius 3 is 2.76 bits per heavy atom. The molecule has 4 nitrogen and oxygen atoms in total. The van der Waals surface area contributed by atoms with E-state index in [4.69, 9.17) is 10.6 Å². The lowest BCUT2D eigenvalue weighted by Gasteiger charge is -2.24. The summed E-state index contributed by atoms with van der Waals surface area (Å²) in [5.41, 5.74) is 3.83. The normalized spacial score (nSPS) is 14.6. The fourth-order valence-electron chi connectivity index (χ4n) is 1.82. The van der Waals surface area contributed by atoms with Crippen LogP contribution in [0.25, 0.3) is 0 Å². The molecule has 1 heterocycles. The number of halogens is 1. The molecule has 0 aliphatic carbocycles. The van der Waals surface area contributed by atoms with Crippen molar-refractivity contribution in [3.8, 4) is 0 Å². The Labute approximate surface area is 111 Å².